The van der Waals surface area contributed by atoms with Crippen molar-refractivity contribution in [2.75, 3.05) is 23.1 Å². The van der Waals surface area contributed by atoms with Crippen LogP contribution in [0.5, 0.6) is 0 Å². The van der Waals surface area contributed by atoms with Crippen molar-refractivity contribution in [1.29, 1.82) is 0 Å². The molecule has 0 unspecified atom stereocenters. The van der Waals surface area contributed by atoms with E-state index in [1.54, 1.807) is 42.5 Å². The Labute approximate surface area is 210 Å². The van der Waals surface area contributed by atoms with Crippen molar-refractivity contribution in [3.63, 3.8) is 0 Å². The van der Waals surface area contributed by atoms with Crippen LogP contribution in [0.15, 0.2) is 54.9 Å². The van der Waals surface area contributed by atoms with Gasteiger partial charge in [0.15, 0.2) is 0 Å². The van der Waals surface area contributed by atoms with Crippen molar-refractivity contribution in [1.82, 2.24) is 9.97 Å². The molecule has 3 aromatic rings. The number of benzene rings is 1. The van der Waals surface area contributed by atoms with Crippen LogP contribution in [0.1, 0.15) is 35.3 Å². The number of anilines is 2. The lowest BCUT2D eigenvalue weighted by Gasteiger charge is -2.14. The highest BCUT2D eigenvalue weighted by molar-refractivity contribution is 9.09. The van der Waals surface area contributed by atoms with E-state index in [4.69, 9.17) is 11.6 Å². The number of unbranched alkanes of at least 4 members (excludes halogenated alkanes) is 1. The number of amides is 2. The fraction of sp³-hybridized carbons (Fsp3) is 0.208. The molecule has 2 heterocycles. The van der Waals surface area contributed by atoms with Crippen LogP contribution in [0.2, 0.25) is 5.02 Å². The topological polar surface area (TPSA) is 110 Å². The summed E-state index contributed by atoms with van der Waals surface area (Å²) in [6.07, 6.45) is 4.22. The maximum atomic E-state index is 12.9. The second-order valence-corrected chi connectivity index (χ2v) is 8.42. The fourth-order valence-corrected chi connectivity index (χ4v) is 3.60. The van der Waals surface area contributed by atoms with Crippen molar-refractivity contribution in [2.45, 2.75) is 19.3 Å². The Morgan fingerprint density at radius 2 is 1.85 bits per heavy atom. The zero-order valence-corrected chi connectivity index (χ0v) is 20.6. The Kier molecular flexibility index (Phi) is 9.12. The van der Waals surface area contributed by atoms with Gasteiger partial charge in [0.2, 0.25) is 11.7 Å². The van der Waals surface area contributed by atoms with Crippen LogP contribution in [0, 0.1) is 0 Å². The molecule has 2 amide bonds. The number of aromatic nitrogens is 2. The van der Waals surface area contributed by atoms with Gasteiger partial charge < -0.3 is 10.1 Å². The van der Waals surface area contributed by atoms with E-state index in [-0.39, 0.29) is 17.4 Å². The van der Waals surface area contributed by atoms with Crippen molar-refractivity contribution >= 4 is 56.7 Å². The van der Waals surface area contributed by atoms with E-state index in [1.807, 2.05) is 0 Å². The minimum Gasteiger partial charge on any atom is -0.453 e. The smallest absolute Gasteiger partial charge is 0.411 e. The van der Waals surface area contributed by atoms with Gasteiger partial charge in [-0.15, -0.1) is 0 Å². The molecule has 0 aliphatic heterocycles. The van der Waals surface area contributed by atoms with Crippen molar-refractivity contribution in [3.05, 3.63) is 71.1 Å². The Bertz CT molecular complexity index is 1190. The van der Waals surface area contributed by atoms with E-state index in [1.165, 1.54) is 19.5 Å². The number of ketones is 1. The molecule has 0 radical (unpaired) electrons. The lowest BCUT2D eigenvalue weighted by molar-refractivity contribution is -0.116. The highest BCUT2D eigenvalue weighted by Gasteiger charge is 2.16. The maximum Gasteiger partial charge on any atom is 0.411 e. The Morgan fingerprint density at radius 1 is 1.03 bits per heavy atom. The average molecular weight is 546 g/mol. The van der Waals surface area contributed by atoms with Crippen molar-refractivity contribution in [3.8, 4) is 11.3 Å². The number of rotatable bonds is 9. The lowest BCUT2D eigenvalue weighted by Crippen LogP contribution is -2.14. The van der Waals surface area contributed by atoms with Crippen LogP contribution in [0.4, 0.5) is 16.2 Å². The number of hydrogen-bond donors (Lipinski definition) is 2. The van der Waals surface area contributed by atoms with E-state index in [9.17, 15) is 14.4 Å². The van der Waals surface area contributed by atoms with Gasteiger partial charge >= 0.3 is 6.09 Å². The van der Waals surface area contributed by atoms with Crippen LogP contribution >= 0.6 is 27.5 Å². The fourth-order valence-electron chi connectivity index (χ4n) is 3.09. The number of methoxy groups -OCH3 is 1. The van der Waals surface area contributed by atoms with E-state index in [2.05, 4.69) is 41.3 Å². The third kappa shape index (κ3) is 6.85. The van der Waals surface area contributed by atoms with E-state index < -0.39 is 6.09 Å². The SMILES string of the molecule is COC(=O)Nc1ccc(-c2cc(C(=O)c3ccc(Cl)cn3)ccn2)c(NC(=O)CCCCBr)c1. The van der Waals surface area contributed by atoms with Crippen LogP contribution in [-0.2, 0) is 9.53 Å². The second-order valence-electron chi connectivity index (χ2n) is 7.19. The monoisotopic (exact) mass is 544 g/mol. The predicted molar refractivity (Wildman–Crippen MR) is 135 cm³/mol. The van der Waals surface area contributed by atoms with E-state index >= 15 is 0 Å². The zero-order chi connectivity index (χ0) is 24.5. The summed E-state index contributed by atoms with van der Waals surface area (Å²) in [6.45, 7) is 0. The molecule has 0 aliphatic carbocycles. The minimum atomic E-state index is -0.636. The number of carbonyl (C=O) groups is 3. The van der Waals surface area contributed by atoms with Gasteiger partial charge in [-0.05, 0) is 55.3 Å². The molecule has 0 bridgehead atoms. The lowest BCUT2D eigenvalue weighted by atomic mass is 10.0. The molecule has 0 aliphatic rings. The highest BCUT2D eigenvalue weighted by Crippen LogP contribution is 2.31. The van der Waals surface area contributed by atoms with Gasteiger partial charge in [-0.25, -0.2) is 4.79 Å². The molecular formula is C24H22BrClN4O4. The molecule has 2 aromatic heterocycles. The van der Waals surface area contributed by atoms with Crippen molar-refractivity contribution < 1.29 is 19.1 Å². The summed E-state index contributed by atoms with van der Waals surface area (Å²) in [4.78, 5) is 45.5. The molecule has 10 heteroatoms. The van der Waals surface area contributed by atoms with Crippen molar-refractivity contribution in [2.24, 2.45) is 0 Å². The first-order valence-corrected chi connectivity index (χ1v) is 11.9. The number of nitrogens with zero attached hydrogens (tertiary/aromatic N) is 2. The molecule has 0 saturated carbocycles. The van der Waals surface area contributed by atoms with Gasteiger partial charge in [0.1, 0.15) is 5.69 Å². The Hall–Kier alpha value is -3.30. The molecule has 0 spiro atoms. The number of hydrogen-bond acceptors (Lipinski definition) is 6. The number of carbonyl (C=O) groups excluding carboxylic acids is 3. The minimum absolute atomic E-state index is 0.171. The summed E-state index contributed by atoms with van der Waals surface area (Å²) in [5.74, 6) is -0.459. The first kappa shape index (κ1) is 25.3. The quantitative estimate of drug-likeness (QED) is 0.202. The summed E-state index contributed by atoms with van der Waals surface area (Å²) in [5, 5.41) is 6.72. The number of pyridine rings is 2. The molecule has 2 N–H and O–H groups in total. The maximum absolute atomic E-state index is 12.9. The van der Waals surface area contributed by atoms with Crippen LogP contribution < -0.4 is 10.6 Å². The third-order valence-electron chi connectivity index (χ3n) is 4.77. The first-order valence-electron chi connectivity index (χ1n) is 10.4. The molecule has 0 saturated heterocycles. The first-order chi connectivity index (χ1) is 16.4. The van der Waals surface area contributed by atoms with Gasteiger partial charge in [0.05, 0.1) is 23.5 Å². The molecule has 34 heavy (non-hydrogen) atoms. The Balaban J connectivity index is 1.94. The number of halogens is 2. The van der Waals surface area contributed by atoms with E-state index in [0.29, 0.717) is 39.6 Å². The largest absolute Gasteiger partial charge is 0.453 e. The summed E-state index contributed by atoms with van der Waals surface area (Å²) in [7, 11) is 1.26. The highest BCUT2D eigenvalue weighted by atomic mass is 79.9. The van der Waals surface area contributed by atoms with Gasteiger partial charge in [0.25, 0.3) is 0 Å². The average Bonchev–Trinajstić information content (AvgIpc) is 2.84. The summed E-state index contributed by atoms with van der Waals surface area (Å²) in [5.41, 5.74) is 2.57. The number of ether oxygens (including phenoxy) is 1. The van der Waals surface area contributed by atoms with Gasteiger partial charge in [0, 0.05) is 41.0 Å². The molecule has 176 valence electrons. The van der Waals surface area contributed by atoms with Crippen LogP contribution in [-0.4, -0.2) is 40.2 Å². The normalized spacial score (nSPS) is 10.4. The Morgan fingerprint density at radius 3 is 2.56 bits per heavy atom. The van der Waals surface area contributed by atoms with Gasteiger partial charge in [-0.3, -0.25) is 24.9 Å². The zero-order valence-electron chi connectivity index (χ0n) is 18.3. The number of alkyl halides is 1. The van der Waals surface area contributed by atoms with Gasteiger partial charge in [-0.1, -0.05) is 27.5 Å². The summed E-state index contributed by atoms with van der Waals surface area (Å²) < 4.78 is 4.64. The summed E-state index contributed by atoms with van der Waals surface area (Å²) >= 11 is 9.22. The molecule has 0 fully saturated rings. The summed E-state index contributed by atoms with van der Waals surface area (Å²) in [6, 6.07) is 11.3. The molecular weight excluding hydrogens is 524 g/mol. The van der Waals surface area contributed by atoms with Crippen LogP contribution in [0.3, 0.4) is 0 Å². The molecule has 3 rings (SSSR count). The second kappa shape index (κ2) is 12.2. The number of nitrogens with one attached hydrogen (secondary N) is 2. The van der Waals surface area contributed by atoms with Gasteiger partial charge in [-0.2, -0.15) is 0 Å². The third-order valence-corrected chi connectivity index (χ3v) is 5.56. The molecule has 0 atom stereocenters. The standard InChI is InChI=1S/C24H22BrClN4O4/c1-34-24(33)29-17-6-7-18(21(13-17)30-22(31)4-2-3-10-25)20-12-15(9-11-27-20)23(32)19-8-5-16(26)14-28-19/h5-9,11-14H,2-4,10H2,1H3,(H,29,33)(H,30,31). The predicted octanol–water partition coefficient (Wildman–Crippen LogP) is 5.71. The van der Waals surface area contributed by atoms with Crippen LogP contribution in [0.25, 0.3) is 11.3 Å². The molecule has 8 nitrogen and oxygen atoms in total. The molecule has 1 aromatic carbocycles. The van der Waals surface area contributed by atoms with E-state index in [0.717, 1.165) is 18.2 Å².